The molecule has 1 aliphatic heterocycles. The zero-order chi connectivity index (χ0) is 12.4. The Morgan fingerprint density at radius 3 is 2.59 bits per heavy atom. The van der Waals surface area contributed by atoms with Crippen LogP contribution in [-0.4, -0.2) is 43.8 Å². The zero-order valence-electron chi connectivity index (χ0n) is 8.92. The third-order valence-corrected chi connectivity index (χ3v) is 2.65. The first-order valence-corrected chi connectivity index (χ1v) is 5.14. The third-order valence-electron chi connectivity index (χ3n) is 2.65. The maximum atomic E-state index is 11.5. The zero-order valence-corrected chi connectivity index (χ0v) is 8.92. The van der Waals surface area contributed by atoms with Gasteiger partial charge in [0.2, 0.25) is 11.8 Å². The summed E-state index contributed by atoms with van der Waals surface area (Å²) in [6, 6.07) is -1.15. The molecule has 0 aliphatic carbocycles. The summed E-state index contributed by atoms with van der Waals surface area (Å²) in [6.45, 7) is 0. The van der Waals surface area contributed by atoms with Crippen molar-refractivity contribution >= 4 is 17.8 Å². The molecule has 17 heavy (non-hydrogen) atoms. The van der Waals surface area contributed by atoms with Gasteiger partial charge < -0.3 is 10.1 Å². The number of hydrogen-bond acceptors (Lipinski definition) is 4. The van der Waals surface area contributed by atoms with Crippen LogP contribution in [0.1, 0.15) is 18.5 Å². The van der Waals surface area contributed by atoms with Gasteiger partial charge in [0.05, 0.1) is 6.33 Å². The minimum Gasteiger partial charge on any atom is -0.480 e. The van der Waals surface area contributed by atoms with Crippen LogP contribution in [0.4, 0.5) is 0 Å². The number of amides is 2. The van der Waals surface area contributed by atoms with E-state index in [-0.39, 0.29) is 19.3 Å². The Kier molecular flexibility index (Phi) is 2.90. The molecule has 1 aromatic rings. The van der Waals surface area contributed by atoms with Crippen molar-refractivity contribution in [1.82, 2.24) is 14.9 Å². The molecule has 1 aliphatic rings. The number of H-pyrrole nitrogens is 1. The number of nitrogens with zero attached hydrogens (tertiary/aromatic N) is 2. The largest absolute Gasteiger partial charge is 0.480 e. The van der Waals surface area contributed by atoms with E-state index in [1.807, 2.05) is 0 Å². The number of carboxylic acids is 1. The van der Waals surface area contributed by atoms with Crippen molar-refractivity contribution in [1.29, 1.82) is 0 Å². The van der Waals surface area contributed by atoms with Crippen molar-refractivity contribution in [3.63, 3.8) is 0 Å². The molecule has 0 aromatic carbocycles. The number of imide groups is 1. The highest BCUT2D eigenvalue weighted by molar-refractivity contribution is 6.04. The van der Waals surface area contributed by atoms with Gasteiger partial charge in [0.1, 0.15) is 6.04 Å². The second-order valence-corrected chi connectivity index (χ2v) is 3.79. The number of nitrogens with one attached hydrogen (secondary N) is 1. The standard InChI is InChI=1S/C10H11N3O4/c14-8-1-2-9(15)13(8)7(10(16)17)3-6-4-11-5-12-6/h4-5,7H,1-3H2,(H,11,12)(H,16,17)/t7-/m1/s1. The Morgan fingerprint density at radius 2 is 2.12 bits per heavy atom. The molecule has 7 nitrogen and oxygen atoms in total. The van der Waals surface area contributed by atoms with Gasteiger partial charge in [-0.25, -0.2) is 9.78 Å². The highest BCUT2D eigenvalue weighted by Gasteiger charge is 2.38. The van der Waals surface area contributed by atoms with Crippen molar-refractivity contribution in [3.8, 4) is 0 Å². The van der Waals surface area contributed by atoms with Crippen LogP contribution in [0, 0.1) is 0 Å². The van der Waals surface area contributed by atoms with Crippen molar-refractivity contribution in [2.45, 2.75) is 25.3 Å². The number of likely N-dealkylation sites (tertiary alicyclic amines) is 1. The molecule has 1 atom stereocenters. The summed E-state index contributed by atoms with van der Waals surface area (Å²) in [5.74, 6) is -2.05. The van der Waals surface area contributed by atoms with E-state index in [4.69, 9.17) is 5.11 Å². The first-order valence-electron chi connectivity index (χ1n) is 5.14. The fourth-order valence-corrected chi connectivity index (χ4v) is 1.84. The van der Waals surface area contributed by atoms with E-state index in [0.29, 0.717) is 5.69 Å². The highest BCUT2D eigenvalue weighted by atomic mass is 16.4. The van der Waals surface area contributed by atoms with Crippen LogP contribution < -0.4 is 0 Å². The van der Waals surface area contributed by atoms with Crippen LogP contribution in [0.2, 0.25) is 0 Å². The average Bonchev–Trinajstić information content (AvgIpc) is 2.87. The van der Waals surface area contributed by atoms with Crippen LogP contribution >= 0.6 is 0 Å². The summed E-state index contributed by atoms with van der Waals surface area (Å²) >= 11 is 0. The number of rotatable bonds is 4. The molecule has 7 heteroatoms. The Bertz CT molecular complexity index is 438. The van der Waals surface area contributed by atoms with Crippen molar-refractivity contribution in [2.75, 3.05) is 0 Å². The van der Waals surface area contributed by atoms with Gasteiger partial charge in [-0.05, 0) is 0 Å². The molecule has 0 bridgehead atoms. The summed E-state index contributed by atoms with van der Waals surface area (Å²) in [5, 5.41) is 9.09. The number of aliphatic carboxylic acids is 1. The Hall–Kier alpha value is -2.18. The fraction of sp³-hybridized carbons (Fsp3) is 0.400. The minimum absolute atomic E-state index is 0.0484. The summed E-state index contributed by atoms with van der Waals surface area (Å²) in [7, 11) is 0. The quantitative estimate of drug-likeness (QED) is 0.690. The third kappa shape index (κ3) is 2.17. The van der Waals surface area contributed by atoms with Crippen LogP contribution in [0.3, 0.4) is 0 Å². The SMILES string of the molecule is O=C(O)[C@@H](Cc1cnc[nH]1)N1C(=O)CCC1=O. The average molecular weight is 237 g/mol. The molecule has 1 saturated heterocycles. The number of carbonyl (C=O) groups is 3. The molecule has 0 radical (unpaired) electrons. The monoisotopic (exact) mass is 237 g/mol. The number of aromatic nitrogens is 2. The lowest BCUT2D eigenvalue weighted by molar-refractivity contribution is -0.154. The second kappa shape index (κ2) is 4.36. The molecule has 1 fully saturated rings. The van der Waals surface area contributed by atoms with Gasteiger partial charge >= 0.3 is 5.97 Å². The van der Waals surface area contributed by atoms with E-state index < -0.39 is 23.8 Å². The molecule has 0 spiro atoms. The van der Waals surface area contributed by atoms with Gasteiger partial charge in [-0.1, -0.05) is 0 Å². The summed E-state index contributed by atoms with van der Waals surface area (Å²) in [4.78, 5) is 41.4. The Morgan fingerprint density at radius 1 is 1.47 bits per heavy atom. The van der Waals surface area contributed by atoms with Gasteiger partial charge in [-0.15, -0.1) is 0 Å². The van der Waals surface area contributed by atoms with E-state index in [0.717, 1.165) is 4.90 Å². The first-order chi connectivity index (χ1) is 8.09. The predicted octanol–water partition coefficient (Wildman–Crippen LogP) is -0.446. The van der Waals surface area contributed by atoms with E-state index >= 15 is 0 Å². The maximum absolute atomic E-state index is 11.5. The van der Waals surface area contributed by atoms with E-state index in [1.165, 1.54) is 12.5 Å². The fourth-order valence-electron chi connectivity index (χ4n) is 1.84. The molecule has 2 rings (SSSR count). The highest BCUT2D eigenvalue weighted by Crippen LogP contribution is 2.18. The normalized spacial score (nSPS) is 17.5. The Labute approximate surface area is 96.4 Å². The van der Waals surface area contributed by atoms with Gasteiger partial charge in [-0.3, -0.25) is 14.5 Å². The molecule has 0 unspecified atom stereocenters. The smallest absolute Gasteiger partial charge is 0.327 e. The molecular formula is C10H11N3O4. The van der Waals surface area contributed by atoms with Crippen LogP contribution in [-0.2, 0) is 20.8 Å². The van der Waals surface area contributed by atoms with Crippen LogP contribution in [0.25, 0.3) is 0 Å². The number of carboxylic acid groups (broad SMARTS) is 1. The predicted molar refractivity (Wildman–Crippen MR) is 54.8 cm³/mol. The number of imidazole rings is 1. The summed E-state index contributed by atoms with van der Waals surface area (Å²) in [5.41, 5.74) is 0.574. The van der Waals surface area contributed by atoms with E-state index in [2.05, 4.69) is 9.97 Å². The maximum Gasteiger partial charge on any atom is 0.327 e. The summed E-state index contributed by atoms with van der Waals surface area (Å²) < 4.78 is 0. The molecule has 2 N–H and O–H groups in total. The molecule has 1 aromatic heterocycles. The number of hydrogen-bond donors (Lipinski definition) is 2. The first kappa shape index (κ1) is 11.3. The lowest BCUT2D eigenvalue weighted by Gasteiger charge is -2.21. The van der Waals surface area contributed by atoms with Gasteiger partial charge in [0, 0.05) is 31.2 Å². The van der Waals surface area contributed by atoms with Crippen molar-refractivity contribution < 1.29 is 19.5 Å². The molecular weight excluding hydrogens is 226 g/mol. The lowest BCUT2D eigenvalue weighted by Crippen LogP contribution is -2.45. The van der Waals surface area contributed by atoms with Gasteiger partial charge in [0.25, 0.3) is 0 Å². The molecule has 2 heterocycles. The number of carbonyl (C=O) groups excluding carboxylic acids is 2. The molecule has 0 saturated carbocycles. The van der Waals surface area contributed by atoms with Gasteiger partial charge in [0.15, 0.2) is 0 Å². The van der Waals surface area contributed by atoms with Crippen LogP contribution in [0.15, 0.2) is 12.5 Å². The van der Waals surface area contributed by atoms with Crippen molar-refractivity contribution in [3.05, 3.63) is 18.2 Å². The Balaban J connectivity index is 2.20. The second-order valence-electron chi connectivity index (χ2n) is 3.79. The topological polar surface area (TPSA) is 103 Å². The minimum atomic E-state index is -1.19. The molecule has 2 amide bonds. The van der Waals surface area contributed by atoms with Crippen molar-refractivity contribution in [2.24, 2.45) is 0 Å². The molecule has 90 valence electrons. The van der Waals surface area contributed by atoms with Crippen LogP contribution in [0.5, 0.6) is 0 Å². The lowest BCUT2D eigenvalue weighted by atomic mass is 10.1. The van der Waals surface area contributed by atoms with E-state index in [9.17, 15) is 14.4 Å². The van der Waals surface area contributed by atoms with Gasteiger partial charge in [-0.2, -0.15) is 0 Å². The summed E-state index contributed by atoms with van der Waals surface area (Å²) in [6.07, 6.45) is 3.12. The number of aromatic amines is 1. The van der Waals surface area contributed by atoms with E-state index in [1.54, 1.807) is 0 Å².